The molecule has 5 rings (SSSR count). The highest BCUT2D eigenvalue weighted by molar-refractivity contribution is 5.84. The van der Waals surface area contributed by atoms with Crippen LogP contribution in [-0.2, 0) is 18.5 Å². The normalized spacial score (nSPS) is 21.7. The number of hydrogen-bond acceptors (Lipinski definition) is 2. The van der Waals surface area contributed by atoms with Gasteiger partial charge in [0.15, 0.2) is 0 Å². The Morgan fingerprint density at radius 1 is 1.03 bits per heavy atom. The molecule has 4 aromatic rings. The van der Waals surface area contributed by atoms with Gasteiger partial charge in [-0.15, -0.1) is 0 Å². The Morgan fingerprint density at radius 2 is 1.77 bits per heavy atom. The lowest BCUT2D eigenvalue weighted by Gasteiger charge is -2.45. The first-order valence-electron chi connectivity index (χ1n) is 11.5. The summed E-state index contributed by atoms with van der Waals surface area (Å²) in [7, 11) is 4.49. The molecule has 2 aromatic heterocycles. The Labute approximate surface area is 184 Å². The zero-order valence-corrected chi connectivity index (χ0v) is 18.6. The first-order chi connectivity index (χ1) is 15.2. The van der Waals surface area contributed by atoms with E-state index < -0.39 is 0 Å². The Bertz CT molecular complexity index is 1120. The minimum Gasteiger partial charge on any atom is -0.358 e. The average molecular weight is 413 g/mol. The van der Waals surface area contributed by atoms with E-state index in [4.69, 9.17) is 0 Å². The van der Waals surface area contributed by atoms with Gasteiger partial charge in [-0.05, 0) is 69.3 Å². The molecule has 1 aliphatic carbocycles. The molecule has 1 saturated carbocycles. The number of rotatable bonds is 6. The van der Waals surface area contributed by atoms with E-state index in [1.807, 2.05) is 12.5 Å². The minimum atomic E-state index is 0.140. The summed E-state index contributed by atoms with van der Waals surface area (Å²) in [5, 5.41) is 1.38. The maximum Gasteiger partial charge on any atom is 0.0946 e. The fraction of sp³-hybridized carbons (Fsp3) is 0.370. The van der Waals surface area contributed by atoms with Crippen molar-refractivity contribution in [2.45, 2.75) is 50.1 Å². The van der Waals surface area contributed by atoms with Gasteiger partial charge in [-0.25, -0.2) is 4.98 Å². The summed E-state index contributed by atoms with van der Waals surface area (Å²) in [6.45, 7) is 0.965. The number of hydrogen-bond donors (Lipinski definition) is 1. The molecule has 4 heteroatoms. The van der Waals surface area contributed by atoms with Gasteiger partial charge >= 0.3 is 0 Å². The molecule has 2 heterocycles. The molecule has 4 nitrogen and oxygen atoms in total. The lowest BCUT2D eigenvalue weighted by Crippen LogP contribution is -2.44. The van der Waals surface area contributed by atoms with Gasteiger partial charge in [0.25, 0.3) is 0 Å². The van der Waals surface area contributed by atoms with Crippen LogP contribution in [0.4, 0.5) is 0 Å². The first kappa shape index (κ1) is 20.1. The standard InChI is InChI=1S/C27H32N4/c1-30(2)27(22-8-4-3-5-9-22)15-12-21(13-16-27)26-24(14-18-31-19-17-28-20-31)23-10-6-7-11-25(23)29-26/h3-11,17,19-21,29H,12-16,18H2,1-2H3. The number of aryl methyl sites for hydroxylation is 2. The third kappa shape index (κ3) is 3.70. The van der Waals surface area contributed by atoms with Crippen LogP contribution in [-0.4, -0.2) is 33.5 Å². The molecule has 0 aliphatic heterocycles. The highest BCUT2D eigenvalue weighted by Gasteiger charge is 2.39. The van der Waals surface area contributed by atoms with E-state index in [0.717, 1.165) is 13.0 Å². The monoisotopic (exact) mass is 412 g/mol. The number of aromatic amines is 1. The molecule has 1 fully saturated rings. The summed E-state index contributed by atoms with van der Waals surface area (Å²) >= 11 is 0. The molecule has 1 N–H and O–H groups in total. The number of H-pyrrole nitrogens is 1. The van der Waals surface area contributed by atoms with Crippen molar-refractivity contribution >= 4 is 10.9 Å². The first-order valence-corrected chi connectivity index (χ1v) is 11.5. The highest BCUT2D eigenvalue weighted by Crippen LogP contribution is 2.47. The van der Waals surface area contributed by atoms with Crippen molar-refractivity contribution in [3.8, 4) is 0 Å². The molecule has 0 unspecified atom stereocenters. The number of imidazole rings is 1. The zero-order valence-electron chi connectivity index (χ0n) is 18.6. The van der Waals surface area contributed by atoms with Crippen LogP contribution in [0.5, 0.6) is 0 Å². The predicted octanol–water partition coefficient (Wildman–Crippen LogP) is 5.72. The predicted molar refractivity (Wildman–Crippen MR) is 127 cm³/mol. The summed E-state index contributed by atoms with van der Waals surface area (Å²) in [6.07, 6.45) is 11.7. The second kappa shape index (κ2) is 8.35. The molecule has 1 aliphatic rings. The number of nitrogens with one attached hydrogen (secondary N) is 1. The molecule has 160 valence electrons. The number of aromatic nitrogens is 3. The fourth-order valence-corrected chi connectivity index (χ4v) is 5.63. The fourth-order valence-electron chi connectivity index (χ4n) is 5.63. The van der Waals surface area contributed by atoms with E-state index in [2.05, 4.69) is 94.3 Å². The second-order valence-corrected chi connectivity index (χ2v) is 9.18. The molecule has 31 heavy (non-hydrogen) atoms. The molecule has 0 radical (unpaired) electrons. The Kier molecular flexibility index (Phi) is 5.41. The summed E-state index contributed by atoms with van der Waals surface area (Å²) in [5.41, 5.74) is 5.81. The van der Waals surface area contributed by atoms with Gasteiger partial charge in [-0.1, -0.05) is 48.5 Å². The van der Waals surface area contributed by atoms with Crippen molar-refractivity contribution in [2.24, 2.45) is 0 Å². The minimum absolute atomic E-state index is 0.140. The summed E-state index contributed by atoms with van der Waals surface area (Å²) in [4.78, 5) is 10.5. The third-order valence-corrected chi connectivity index (χ3v) is 7.41. The SMILES string of the molecule is CN(C)C1(c2ccccc2)CCC(c2[nH]c3ccccc3c2CCn2ccnc2)CC1. The van der Waals surface area contributed by atoms with E-state index in [1.54, 1.807) is 0 Å². The van der Waals surface area contributed by atoms with Crippen molar-refractivity contribution in [3.05, 3.63) is 90.1 Å². The van der Waals surface area contributed by atoms with Gasteiger partial charge in [0.2, 0.25) is 0 Å². The molecule has 0 atom stereocenters. The van der Waals surface area contributed by atoms with Gasteiger partial charge in [-0.3, -0.25) is 4.90 Å². The van der Waals surface area contributed by atoms with Gasteiger partial charge in [0, 0.05) is 41.1 Å². The molecule has 0 spiro atoms. The van der Waals surface area contributed by atoms with Crippen molar-refractivity contribution in [1.82, 2.24) is 19.4 Å². The van der Waals surface area contributed by atoms with Crippen LogP contribution in [0.1, 0.15) is 48.4 Å². The van der Waals surface area contributed by atoms with Crippen LogP contribution in [0, 0.1) is 0 Å². The lowest BCUT2D eigenvalue weighted by molar-refractivity contribution is 0.0903. The van der Waals surface area contributed by atoms with Crippen LogP contribution >= 0.6 is 0 Å². The molecule has 0 amide bonds. The van der Waals surface area contributed by atoms with Crippen LogP contribution in [0.3, 0.4) is 0 Å². The topological polar surface area (TPSA) is 36.9 Å². The van der Waals surface area contributed by atoms with E-state index in [0.29, 0.717) is 5.92 Å². The Hall–Kier alpha value is -2.85. The molecule has 2 aromatic carbocycles. The highest BCUT2D eigenvalue weighted by atomic mass is 15.1. The molecular formula is C27H32N4. The summed E-state index contributed by atoms with van der Waals surface area (Å²) in [6, 6.07) is 19.9. The Balaban J connectivity index is 1.43. The second-order valence-electron chi connectivity index (χ2n) is 9.18. The van der Waals surface area contributed by atoms with E-state index in [1.165, 1.54) is 53.4 Å². The van der Waals surface area contributed by atoms with Gasteiger partial charge in [0.1, 0.15) is 0 Å². The maximum atomic E-state index is 4.21. The molecular weight excluding hydrogens is 380 g/mol. The summed E-state index contributed by atoms with van der Waals surface area (Å²) < 4.78 is 2.18. The van der Waals surface area contributed by atoms with Crippen molar-refractivity contribution in [2.75, 3.05) is 14.1 Å². The summed E-state index contributed by atoms with van der Waals surface area (Å²) in [5.74, 6) is 0.585. The van der Waals surface area contributed by atoms with Crippen LogP contribution in [0.2, 0.25) is 0 Å². The Morgan fingerprint density at radius 3 is 2.48 bits per heavy atom. The molecule has 0 bridgehead atoms. The van der Waals surface area contributed by atoms with E-state index in [9.17, 15) is 0 Å². The van der Waals surface area contributed by atoms with Gasteiger partial charge in [0.05, 0.1) is 6.33 Å². The average Bonchev–Trinajstić information content (AvgIpc) is 3.46. The third-order valence-electron chi connectivity index (χ3n) is 7.41. The number of para-hydroxylation sites is 1. The number of nitrogens with zero attached hydrogens (tertiary/aromatic N) is 3. The smallest absolute Gasteiger partial charge is 0.0946 e. The number of fused-ring (bicyclic) bond motifs is 1. The van der Waals surface area contributed by atoms with Crippen molar-refractivity contribution in [3.63, 3.8) is 0 Å². The van der Waals surface area contributed by atoms with Crippen molar-refractivity contribution < 1.29 is 0 Å². The number of benzene rings is 2. The maximum absolute atomic E-state index is 4.21. The van der Waals surface area contributed by atoms with E-state index >= 15 is 0 Å². The van der Waals surface area contributed by atoms with Crippen LogP contribution < -0.4 is 0 Å². The largest absolute Gasteiger partial charge is 0.358 e. The van der Waals surface area contributed by atoms with E-state index in [-0.39, 0.29) is 5.54 Å². The lowest BCUT2D eigenvalue weighted by atomic mass is 9.70. The van der Waals surface area contributed by atoms with Gasteiger partial charge < -0.3 is 9.55 Å². The van der Waals surface area contributed by atoms with Crippen molar-refractivity contribution in [1.29, 1.82) is 0 Å². The van der Waals surface area contributed by atoms with Crippen LogP contribution in [0.25, 0.3) is 10.9 Å². The van der Waals surface area contributed by atoms with Gasteiger partial charge in [-0.2, -0.15) is 0 Å². The quantitative estimate of drug-likeness (QED) is 0.440. The zero-order chi connectivity index (χ0) is 21.3. The molecule has 0 saturated heterocycles. The van der Waals surface area contributed by atoms with Crippen LogP contribution in [0.15, 0.2) is 73.3 Å².